The fraction of sp³-hybridized carbons (Fsp3) is 0.875. The maximum absolute atomic E-state index is 8.88. The van der Waals surface area contributed by atoms with Gasteiger partial charge in [-0.15, -0.1) is 0 Å². The molecular weight excluding hydrogens is 124 g/mol. The van der Waals surface area contributed by atoms with E-state index in [1.807, 2.05) is 0 Å². The van der Waals surface area contributed by atoms with Gasteiger partial charge >= 0.3 is 0 Å². The molecule has 0 radical (unpaired) electrons. The molecule has 0 N–H and O–H groups in total. The summed E-state index contributed by atoms with van der Waals surface area (Å²) < 4.78 is 0. The van der Waals surface area contributed by atoms with Crippen molar-refractivity contribution in [2.24, 2.45) is 0 Å². The molecular formula is C8H12N2. The van der Waals surface area contributed by atoms with Crippen molar-refractivity contribution in [3.05, 3.63) is 0 Å². The Balaban J connectivity index is 2.05. The molecule has 10 heavy (non-hydrogen) atoms. The monoisotopic (exact) mass is 136 g/mol. The van der Waals surface area contributed by atoms with E-state index in [0.29, 0.717) is 0 Å². The van der Waals surface area contributed by atoms with Crippen molar-refractivity contribution in [3.8, 4) is 6.07 Å². The normalized spacial score (nSPS) is 29.9. The Kier molecular flexibility index (Phi) is 1.21. The summed E-state index contributed by atoms with van der Waals surface area (Å²) in [5.41, 5.74) is -0.00174. The maximum Gasteiger partial charge on any atom is 0.109 e. The van der Waals surface area contributed by atoms with Crippen LogP contribution in [0.3, 0.4) is 0 Å². The highest BCUT2D eigenvalue weighted by Gasteiger charge is 2.44. The lowest BCUT2D eigenvalue weighted by Crippen LogP contribution is -2.58. The molecule has 0 spiro atoms. The summed E-state index contributed by atoms with van der Waals surface area (Å²) in [4.78, 5) is 2.33. The van der Waals surface area contributed by atoms with E-state index in [1.54, 1.807) is 0 Å². The molecule has 0 unspecified atom stereocenters. The van der Waals surface area contributed by atoms with E-state index in [2.05, 4.69) is 11.0 Å². The summed E-state index contributed by atoms with van der Waals surface area (Å²) in [5, 5.41) is 8.88. The average molecular weight is 136 g/mol. The molecule has 1 saturated heterocycles. The lowest BCUT2D eigenvalue weighted by atomic mass is 9.75. The van der Waals surface area contributed by atoms with Crippen molar-refractivity contribution >= 4 is 0 Å². The van der Waals surface area contributed by atoms with E-state index >= 15 is 0 Å². The van der Waals surface area contributed by atoms with Crippen LogP contribution < -0.4 is 0 Å². The number of hydrogen-bond acceptors (Lipinski definition) is 2. The summed E-state index contributed by atoms with van der Waals surface area (Å²) in [7, 11) is 0. The first-order chi connectivity index (χ1) is 4.87. The van der Waals surface area contributed by atoms with Crippen LogP contribution in [-0.2, 0) is 0 Å². The molecule has 1 heterocycles. The van der Waals surface area contributed by atoms with Gasteiger partial charge in [0.2, 0.25) is 0 Å². The van der Waals surface area contributed by atoms with Gasteiger partial charge in [0.1, 0.15) is 5.54 Å². The van der Waals surface area contributed by atoms with Crippen molar-refractivity contribution in [3.63, 3.8) is 0 Å². The van der Waals surface area contributed by atoms with Gasteiger partial charge in [0, 0.05) is 13.1 Å². The molecule has 1 aliphatic heterocycles. The topological polar surface area (TPSA) is 27.0 Å². The van der Waals surface area contributed by atoms with Gasteiger partial charge in [-0.25, -0.2) is 0 Å². The van der Waals surface area contributed by atoms with Crippen LogP contribution in [0.2, 0.25) is 0 Å². The second-order valence-electron chi connectivity index (χ2n) is 3.34. The molecule has 0 aromatic carbocycles. The van der Waals surface area contributed by atoms with Gasteiger partial charge in [-0.2, -0.15) is 5.26 Å². The fourth-order valence-electron chi connectivity index (χ4n) is 1.75. The van der Waals surface area contributed by atoms with Gasteiger partial charge in [0.05, 0.1) is 6.07 Å². The highest BCUT2D eigenvalue weighted by Crippen LogP contribution is 2.39. The number of rotatable bonds is 1. The molecule has 2 heteroatoms. The molecule has 54 valence electrons. The molecule has 0 aromatic heterocycles. The first-order valence-electron chi connectivity index (χ1n) is 4.04. The summed E-state index contributed by atoms with van der Waals surface area (Å²) in [6, 6.07) is 2.44. The second-order valence-corrected chi connectivity index (χ2v) is 3.34. The van der Waals surface area contributed by atoms with Crippen LogP contribution in [0.1, 0.15) is 25.7 Å². The Morgan fingerprint density at radius 1 is 1.20 bits per heavy atom. The van der Waals surface area contributed by atoms with E-state index in [9.17, 15) is 0 Å². The Bertz CT molecular complexity index is 172. The second kappa shape index (κ2) is 1.96. The lowest BCUT2D eigenvalue weighted by molar-refractivity contribution is 0.0144. The number of hydrogen-bond donors (Lipinski definition) is 0. The van der Waals surface area contributed by atoms with Gasteiger partial charge in [0.15, 0.2) is 0 Å². The molecule has 1 aliphatic carbocycles. The minimum Gasteiger partial charge on any atom is -0.285 e. The van der Waals surface area contributed by atoms with Crippen molar-refractivity contribution in [1.29, 1.82) is 5.26 Å². The molecule has 0 amide bonds. The Morgan fingerprint density at radius 2 is 1.90 bits per heavy atom. The predicted octanol–water partition coefficient (Wildman–Crippen LogP) is 1.14. The minimum absolute atomic E-state index is 0.00174. The zero-order chi connectivity index (χ0) is 7.03. The largest absolute Gasteiger partial charge is 0.285 e. The van der Waals surface area contributed by atoms with Crippen LogP contribution in [0.25, 0.3) is 0 Å². The Hall–Kier alpha value is -0.550. The molecule has 2 rings (SSSR count). The van der Waals surface area contributed by atoms with E-state index in [1.165, 1.54) is 12.8 Å². The maximum atomic E-state index is 8.88. The van der Waals surface area contributed by atoms with E-state index in [-0.39, 0.29) is 5.54 Å². The van der Waals surface area contributed by atoms with Crippen molar-refractivity contribution in [1.82, 2.24) is 4.90 Å². The molecule has 0 aromatic rings. The molecule has 2 aliphatic rings. The lowest BCUT2D eigenvalue weighted by Gasteiger charge is -2.49. The van der Waals surface area contributed by atoms with E-state index < -0.39 is 0 Å². The van der Waals surface area contributed by atoms with Gasteiger partial charge in [-0.3, -0.25) is 4.90 Å². The highest BCUT2D eigenvalue weighted by molar-refractivity contribution is 5.15. The quantitative estimate of drug-likeness (QED) is 0.540. The van der Waals surface area contributed by atoms with E-state index in [4.69, 9.17) is 5.26 Å². The third-order valence-corrected chi connectivity index (χ3v) is 2.85. The molecule has 1 saturated carbocycles. The molecule has 2 nitrogen and oxygen atoms in total. The van der Waals surface area contributed by atoms with Crippen molar-refractivity contribution in [2.75, 3.05) is 13.1 Å². The first-order valence-corrected chi connectivity index (χ1v) is 4.04. The molecule has 2 fully saturated rings. The van der Waals surface area contributed by atoms with Crippen molar-refractivity contribution < 1.29 is 0 Å². The Morgan fingerprint density at radius 3 is 2.00 bits per heavy atom. The SMILES string of the molecule is N#CC1(N2CCC2)CCC1. The standard InChI is InChI=1S/C8H12N2/c9-7-8(3-1-4-8)10-5-2-6-10/h1-6H2. The van der Waals surface area contributed by atoms with Crippen LogP contribution >= 0.6 is 0 Å². The average Bonchev–Trinajstić information content (AvgIpc) is 1.73. The van der Waals surface area contributed by atoms with Crippen LogP contribution in [0.4, 0.5) is 0 Å². The van der Waals surface area contributed by atoms with Gasteiger partial charge in [-0.1, -0.05) is 0 Å². The number of likely N-dealkylation sites (tertiary alicyclic amines) is 1. The molecule has 0 bridgehead atoms. The minimum atomic E-state index is -0.00174. The van der Waals surface area contributed by atoms with E-state index in [0.717, 1.165) is 25.9 Å². The van der Waals surface area contributed by atoms with Gasteiger partial charge < -0.3 is 0 Å². The van der Waals surface area contributed by atoms with Crippen LogP contribution in [0.5, 0.6) is 0 Å². The smallest absolute Gasteiger partial charge is 0.109 e. The zero-order valence-corrected chi connectivity index (χ0v) is 6.14. The predicted molar refractivity (Wildman–Crippen MR) is 38.4 cm³/mol. The molecule has 0 atom stereocenters. The first kappa shape index (κ1) is 6.18. The zero-order valence-electron chi connectivity index (χ0n) is 6.14. The fourth-order valence-corrected chi connectivity index (χ4v) is 1.75. The van der Waals surface area contributed by atoms with Crippen molar-refractivity contribution in [2.45, 2.75) is 31.2 Å². The summed E-state index contributed by atoms with van der Waals surface area (Å²) >= 11 is 0. The highest BCUT2D eigenvalue weighted by atomic mass is 15.2. The summed E-state index contributed by atoms with van der Waals surface area (Å²) in [6.07, 6.45) is 4.78. The van der Waals surface area contributed by atoms with Crippen LogP contribution in [0, 0.1) is 11.3 Å². The summed E-state index contributed by atoms with van der Waals surface area (Å²) in [6.45, 7) is 2.32. The third kappa shape index (κ3) is 0.615. The number of nitrogens with zero attached hydrogens (tertiary/aromatic N) is 2. The van der Waals surface area contributed by atoms with Crippen LogP contribution in [0.15, 0.2) is 0 Å². The summed E-state index contributed by atoms with van der Waals surface area (Å²) in [5.74, 6) is 0. The van der Waals surface area contributed by atoms with Gasteiger partial charge in [-0.05, 0) is 25.7 Å². The Labute approximate surface area is 61.4 Å². The van der Waals surface area contributed by atoms with Gasteiger partial charge in [0.25, 0.3) is 0 Å². The number of nitriles is 1. The third-order valence-electron chi connectivity index (χ3n) is 2.85. The van der Waals surface area contributed by atoms with Crippen LogP contribution in [-0.4, -0.2) is 23.5 Å².